The molecular formula is C22H18N2O. The van der Waals surface area contributed by atoms with Gasteiger partial charge in [-0.05, 0) is 28.8 Å². The largest absolute Gasteiger partial charge is 0.344 e. The van der Waals surface area contributed by atoms with Gasteiger partial charge in [0.1, 0.15) is 0 Å². The number of carbonyl (C=O) groups is 1. The van der Waals surface area contributed by atoms with E-state index in [0.717, 1.165) is 44.1 Å². The van der Waals surface area contributed by atoms with E-state index in [0.29, 0.717) is 6.54 Å². The molecule has 1 aliphatic heterocycles. The number of hydrogen-bond donors (Lipinski definition) is 0. The molecule has 122 valence electrons. The number of amides is 1. The summed E-state index contributed by atoms with van der Waals surface area (Å²) in [5, 5.41) is 2.24. The Morgan fingerprint density at radius 2 is 1.60 bits per heavy atom. The SMILES string of the molecule is CN1Cc2c(-c3ccccc3)cc3c(c2C1=O)c1ccccc1n3C. The Morgan fingerprint density at radius 3 is 2.40 bits per heavy atom. The zero-order chi connectivity index (χ0) is 17.1. The van der Waals surface area contributed by atoms with Crippen LogP contribution in [0.3, 0.4) is 0 Å². The minimum Gasteiger partial charge on any atom is -0.344 e. The number of rotatable bonds is 1. The molecule has 3 heteroatoms. The fourth-order valence-corrected chi connectivity index (χ4v) is 4.13. The van der Waals surface area contributed by atoms with E-state index in [1.54, 1.807) is 0 Å². The van der Waals surface area contributed by atoms with Crippen molar-refractivity contribution in [2.75, 3.05) is 7.05 Å². The van der Waals surface area contributed by atoms with E-state index in [1.807, 2.05) is 42.3 Å². The molecule has 0 saturated heterocycles. The predicted molar refractivity (Wildman–Crippen MR) is 102 cm³/mol. The number of carbonyl (C=O) groups excluding carboxylic acids is 1. The molecular weight excluding hydrogens is 308 g/mol. The van der Waals surface area contributed by atoms with Crippen LogP contribution < -0.4 is 0 Å². The first kappa shape index (κ1) is 14.3. The van der Waals surface area contributed by atoms with Gasteiger partial charge in [-0.25, -0.2) is 0 Å². The summed E-state index contributed by atoms with van der Waals surface area (Å²) in [5.41, 5.74) is 6.61. The minimum atomic E-state index is 0.120. The first-order valence-corrected chi connectivity index (χ1v) is 8.50. The maximum absolute atomic E-state index is 13.0. The summed E-state index contributed by atoms with van der Waals surface area (Å²) in [6, 6.07) is 20.9. The molecule has 2 heterocycles. The van der Waals surface area contributed by atoms with Crippen LogP contribution >= 0.6 is 0 Å². The lowest BCUT2D eigenvalue weighted by Gasteiger charge is -2.10. The molecule has 0 atom stereocenters. The van der Waals surface area contributed by atoms with Crippen LogP contribution in [-0.4, -0.2) is 22.4 Å². The van der Waals surface area contributed by atoms with Gasteiger partial charge in [-0.15, -0.1) is 0 Å². The average molecular weight is 326 g/mol. The van der Waals surface area contributed by atoms with Crippen LogP contribution in [0.15, 0.2) is 60.7 Å². The van der Waals surface area contributed by atoms with Gasteiger partial charge in [0.05, 0.1) is 11.1 Å². The first-order chi connectivity index (χ1) is 12.2. The van der Waals surface area contributed by atoms with Crippen LogP contribution in [0, 0.1) is 0 Å². The summed E-state index contributed by atoms with van der Waals surface area (Å²) in [6.45, 7) is 0.664. The second-order valence-electron chi connectivity index (χ2n) is 6.78. The number of hydrogen-bond acceptors (Lipinski definition) is 1. The van der Waals surface area contributed by atoms with Crippen molar-refractivity contribution in [3.05, 3.63) is 71.8 Å². The van der Waals surface area contributed by atoms with Crippen molar-refractivity contribution in [1.82, 2.24) is 9.47 Å². The van der Waals surface area contributed by atoms with Gasteiger partial charge in [0.2, 0.25) is 0 Å². The number of fused-ring (bicyclic) bond motifs is 5. The Bertz CT molecular complexity index is 1160. The molecule has 0 fully saturated rings. The van der Waals surface area contributed by atoms with E-state index >= 15 is 0 Å². The van der Waals surface area contributed by atoms with Gasteiger partial charge in [-0.3, -0.25) is 4.79 Å². The molecule has 1 amide bonds. The lowest BCUT2D eigenvalue weighted by molar-refractivity contribution is 0.0818. The summed E-state index contributed by atoms with van der Waals surface area (Å²) >= 11 is 0. The Hall–Kier alpha value is -3.07. The number of para-hydroxylation sites is 1. The zero-order valence-corrected chi connectivity index (χ0v) is 14.3. The summed E-state index contributed by atoms with van der Waals surface area (Å²) in [4.78, 5) is 14.8. The maximum Gasteiger partial charge on any atom is 0.254 e. The van der Waals surface area contributed by atoms with Crippen LogP contribution in [0.1, 0.15) is 15.9 Å². The highest BCUT2D eigenvalue weighted by molar-refractivity contribution is 6.21. The lowest BCUT2D eigenvalue weighted by Crippen LogP contribution is -2.17. The molecule has 4 aromatic rings. The van der Waals surface area contributed by atoms with Gasteiger partial charge < -0.3 is 9.47 Å². The number of benzene rings is 3. The van der Waals surface area contributed by atoms with Crippen LogP contribution in [0.25, 0.3) is 32.9 Å². The molecule has 25 heavy (non-hydrogen) atoms. The molecule has 5 rings (SSSR count). The van der Waals surface area contributed by atoms with Crippen molar-refractivity contribution in [1.29, 1.82) is 0 Å². The molecule has 0 saturated carbocycles. The highest BCUT2D eigenvalue weighted by atomic mass is 16.2. The van der Waals surface area contributed by atoms with E-state index < -0.39 is 0 Å². The van der Waals surface area contributed by atoms with Crippen LogP contribution in [0.5, 0.6) is 0 Å². The Labute approximate surface area is 146 Å². The number of nitrogens with zero attached hydrogens (tertiary/aromatic N) is 2. The molecule has 1 aliphatic rings. The number of aromatic nitrogens is 1. The predicted octanol–water partition coefficient (Wildman–Crippen LogP) is 4.58. The minimum absolute atomic E-state index is 0.120. The molecule has 0 N–H and O–H groups in total. The fraction of sp³-hybridized carbons (Fsp3) is 0.136. The maximum atomic E-state index is 13.0. The summed E-state index contributed by atoms with van der Waals surface area (Å²) in [5.74, 6) is 0.120. The Balaban J connectivity index is 2.00. The Morgan fingerprint density at radius 1 is 0.880 bits per heavy atom. The van der Waals surface area contributed by atoms with E-state index in [4.69, 9.17) is 0 Å². The molecule has 3 nitrogen and oxygen atoms in total. The van der Waals surface area contributed by atoms with Crippen LogP contribution in [0.2, 0.25) is 0 Å². The summed E-state index contributed by atoms with van der Waals surface area (Å²) in [7, 11) is 3.96. The third kappa shape index (κ3) is 1.84. The standard InChI is InChI=1S/C22H18N2O/c1-23-13-17-16(14-8-4-3-5-9-14)12-19-20(21(17)22(23)25)15-10-6-7-11-18(15)24(19)2/h3-12H,13H2,1-2H3. The summed E-state index contributed by atoms with van der Waals surface area (Å²) < 4.78 is 2.20. The quantitative estimate of drug-likeness (QED) is 0.502. The van der Waals surface area contributed by atoms with Crippen molar-refractivity contribution < 1.29 is 4.79 Å². The van der Waals surface area contributed by atoms with Gasteiger partial charge in [-0.2, -0.15) is 0 Å². The van der Waals surface area contributed by atoms with Crippen molar-refractivity contribution in [3.8, 4) is 11.1 Å². The molecule has 0 bridgehead atoms. The third-order valence-electron chi connectivity index (χ3n) is 5.35. The van der Waals surface area contributed by atoms with Crippen molar-refractivity contribution in [3.63, 3.8) is 0 Å². The first-order valence-electron chi connectivity index (χ1n) is 8.50. The highest BCUT2D eigenvalue weighted by Crippen LogP contribution is 2.41. The van der Waals surface area contributed by atoms with Crippen LogP contribution in [-0.2, 0) is 13.6 Å². The lowest BCUT2D eigenvalue weighted by atomic mass is 9.93. The molecule has 0 aliphatic carbocycles. The zero-order valence-electron chi connectivity index (χ0n) is 14.3. The normalized spacial score (nSPS) is 13.8. The van der Waals surface area contributed by atoms with E-state index in [2.05, 4.69) is 41.9 Å². The topological polar surface area (TPSA) is 25.2 Å². The van der Waals surface area contributed by atoms with Gasteiger partial charge in [0.25, 0.3) is 5.91 Å². The average Bonchev–Trinajstić information content (AvgIpc) is 3.10. The van der Waals surface area contributed by atoms with Crippen molar-refractivity contribution in [2.45, 2.75) is 6.54 Å². The molecule has 1 aromatic heterocycles. The summed E-state index contributed by atoms with van der Waals surface area (Å²) in [6.07, 6.45) is 0. The molecule has 0 spiro atoms. The van der Waals surface area contributed by atoms with Gasteiger partial charge >= 0.3 is 0 Å². The monoisotopic (exact) mass is 326 g/mol. The second kappa shape index (κ2) is 4.96. The van der Waals surface area contributed by atoms with E-state index in [-0.39, 0.29) is 5.91 Å². The highest BCUT2D eigenvalue weighted by Gasteiger charge is 2.31. The molecule has 0 unspecified atom stereocenters. The number of aryl methyl sites for hydroxylation is 1. The molecule has 3 aromatic carbocycles. The van der Waals surface area contributed by atoms with Crippen molar-refractivity contribution in [2.24, 2.45) is 7.05 Å². The van der Waals surface area contributed by atoms with Gasteiger partial charge in [-0.1, -0.05) is 48.5 Å². The van der Waals surface area contributed by atoms with E-state index in [9.17, 15) is 4.79 Å². The smallest absolute Gasteiger partial charge is 0.254 e. The second-order valence-corrected chi connectivity index (χ2v) is 6.78. The molecule has 0 radical (unpaired) electrons. The fourth-order valence-electron chi connectivity index (χ4n) is 4.13. The van der Waals surface area contributed by atoms with E-state index in [1.165, 1.54) is 0 Å². The van der Waals surface area contributed by atoms with Crippen LogP contribution in [0.4, 0.5) is 0 Å². The Kier molecular flexibility index (Phi) is 2.84. The van der Waals surface area contributed by atoms with Crippen molar-refractivity contribution >= 4 is 27.7 Å². The van der Waals surface area contributed by atoms with Gasteiger partial charge in [0, 0.05) is 36.9 Å². The third-order valence-corrected chi connectivity index (χ3v) is 5.35. The van der Waals surface area contributed by atoms with Gasteiger partial charge in [0.15, 0.2) is 0 Å².